The minimum atomic E-state index is -0.323. The molecule has 0 aliphatic carbocycles. The number of carbonyl (C=O) groups excluding carboxylic acids is 2. The van der Waals surface area contributed by atoms with Crippen LogP contribution in [0.15, 0.2) is 67.3 Å². The molecule has 6 rings (SSSR count). The van der Waals surface area contributed by atoms with E-state index in [1.165, 1.54) is 27.8 Å². The third-order valence-electron chi connectivity index (χ3n) is 8.02. The lowest BCUT2D eigenvalue weighted by molar-refractivity contribution is -0.137. The van der Waals surface area contributed by atoms with Gasteiger partial charge >= 0.3 is 0 Å². The summed E-state index contributed by atoms with van der Waals surface area (Å²) in [5.41, 5.74) is 6.10. The summed E-state index contributed by atoms with van der Waals surface area (Å²) in [5, 5.41) is 2.35. The van der Waals surface area contributed by atoms with Crippen LogP contribution in [0.5, 0.6) is 0 Å². The van der Waals surface area contributed by atoms with Crippen LogP contribution in [0.1, 0.15) is 52.1 Å². The Morgan fingerprint density at radius 2 is 1.66 bits per heavy atom. The van der Waals surface area contributed by atoms with Crippen molar-refractivity contribution in [1.82, 2.24) is 30.0 Å². The number of nitrogens with zero attached hydrogens (tertiary/aromatic N) is 5. The Kier molecular flexibility index (Phi) is 7.25. The number of carbonyl (C=O) groups is 2. The van der Waals surface area contributed by atoms with Crippen LogP contribution in [0.4, 0.5) is 0 Å². The van der Waals surface area contributed by atoms with E-state index in [-0.39, 0.29) is 29.3 Å². The van der Waals surface area contributed by atoms with Gasteiger partial charge in [-0.15, -0.1) is 0 Å². The number of amides is 2. The number of benzene rings is 1. The second-order valence-corrected chi connectivity index (χ2v) is 10.8. The zero-order valence-corrected chi connectivity index (χ0v) is 22.1. The van der Waals surface area contributed by atoms with Crippen LogP contribution in [0, 0.1) is 0 Å². The van der Waals surface area contributed by atoms with Crippen molar-refractivity contribution in [2.24, 2.45) is 0 Å². The van der Waals surface area contributed by atoms with Crippen LogP contribution >= 0.6 is 12.6 Å². The number of imide groups is 1. The first-order valence-corrected chi connectivity index (χ1v) is 13.7. The van der Waals surface area contributed by atoms with Crippen molar-refractivity contribution in [3.05, 3.63) is 95.1 Å². The van der Waals surface area contributed by atoms with Gasteiger partial charge in [-0.2, -0.15) is 12.6 Å². The van der Waals surface area contributed by atoms with Gasteiger partial charge in [0.1, 0.15) is 0 Å². The van der Waals surface area contributed by atoms with Crippen molar-refractivity contribution < 1.29 is 9.59 Å². The van der Waals surface area contributed by atoms with E-state index in [1.807, 2.05) is 36.9 Å². The van der Waals surface area contributed by atoms with Gasteiger partial charge in [-0.25, -0.2) is 0 Å². The quantitative estimate of drug-likeness (QED) is 0.376. The maximum atomic E-state index is 12.6. The Bertz CT molecular complexity index is 1260. The number of piperazine rings is 1. The average Bonchev–Trinajstić information content (AvgIpc) is 3.28. The first-order chi connectivity index (χ1) is 18.6. The fourth-order valence-corrected chi connectivity index (χ4v) is 6.56. The molecule has 3 aliphatic heterocycles. The number of piperidine rings is 1. The lowest BCUT2D eigenvalue weighted by atomic mass is 9.99. The molecular weight excluding hydrogens is 496 g/mol. The standard InChI is InChI=1S/C29H32N6O2S/c36-26-9-8-25(28(37)32-26)35-19-24-22(4-1-7-23(24)29(35)38)18-33-12-14-34(15-13-33)27(20-5-2-10-30-16-20)21-6-3-11-31-17-21/h1-7,10-11,16-17,25,27,29,38H,8-9,12-15,18-19H2,(H,32,36,37). The van der Waals surface area contributed by atoms with Crippen molar-refractivity contribution >= 4 is 24.4 Å². The SMILES string of the molecule is O=C1CCC(N2Cc3c(CN4CCN(C(c5cccnc5)c5cccnc5)CC4)cccc3C2S)C(=O)N1. The number of hydrogen-bond donors (Lipinski definition) is 2. The molecule has 38 heavy (non-hydrogen) atoms. The highest BCUT2D eigenvalue weighted by Gasteiger charge is 2.40. The van der Waals surface area contributed by atoms with Gasteiger partial charge < -0.3 is 0 Å². The van der Waals surface area contributed by atoms with E-state index in [9.17, 15) is 9.59 Å². The molecule has 196 valence electrons. The summed E-state index contributed by atoms with van der Waals surface area (Å²) in [4.78, 5) is 40.1. The minimum Gasteiger partial charge on any atom is -0.297 e. The largest absolute Gasteiger partial charge is 0.297 e. The van der Waals surface area contributed by atoms with Gasteiger partial charge in [0.25, 0.3) is 0 Å². The molecule has 2 saturated heterocycles. The molecule has 9 heteroatoms. The lowest BCUT2D eigenvalue weighted by Crippen LogP contribution is -2.51. The molecule has 2 aromatic heterocycles. The van der Waals surface area contributed by atoms with E-state index in [1.54, 1.807) is 0 Å². The molecule has 1 N–H and O–H groups in total. The molecule has 0 saturated carbocycles. The van der Waals surface area contributed by atoms with Gasteiger partial charge in [-0.05, 0) is 46.4 Å². The number of rotatable bonds is 6. The normalized spacial score (nSPS) is 23.0. The molecule has 2 amide bonds. The predicted octanol–water partition coefficient (Wildman–Crippen LogP) is 2.93. The second kappa shape index (κ2) is 10.9. The Morgan fingerprint density at radius 3 is 2.29 bits per heavy atom. The van der Waals surface area contributed by atoms with Gasteiger partial charge in [-0.1, -0.05) is 30.3 Å². The fraction of sp³-hybridized carbons (Fsp3) is 0.379. The number of aromatic nitrogens is 2. The number of pyridine rings is 2. The average molecular weight is 529 g/mol. The highest BCUT2D eigenvalue weighted by atomic mass is 32.1. The predicted molar refractivity (Wildman–Crippen MR) is 147 cm³/mol. The summed E-state index contributed by atoms with van der Waals surface area (Å²) in [6, 6.07) is 14.5. The summed E-state index contributed by atoms with van der Waals surface area (Å²) >= 11 is 4.89. The van der Waals surface area contributed by atoms with Crippen LogP contribution in [0.2, 0.25) is 0 Å². The third kappa shape index (κ3) is 4.99. The summed E-state index contributed by atoms with van der Waals surface area (Å²) in [6.45, 7) is 5.35. The Labute approximate surface area is 228 Å². The van der Waals surface area contributed by atoms with E-state index in [0.29, 0.717) is 19.4 Å². The van der Waals surface area contributed by atoms with E-state index >= 15 is 0 Å². The van der Waals surface area contributed by atoms with Gasteiger partial charge in [0.05, 0.1) is 17.5 Å². The van der Waals surface area contributed by atoms with Crippen LogP contribution in [0.25, 0.3) is 0 Å². The van der Waals surface area contributed by atoms with Crippen molar-refractivity contribution in [2.45, 2.75) is 43.4 Å². The van der Waals surface area contributed by atoms with Crippen molar-refractivity contribution in [3.8, 4) is 0 Å². The molecule has 0 bridgehead atoms. The van der Waals surface area contributed by atoms with E-state index in [4.69, 9.17) is 12.6 Å². The molecule has 5 heterocycles. The zero-order valence-electron chi connectivity index (χ0n) is 21.2. The van der Waals surface area contributed by atoms with Gasteiger partial charge in [0, 0.05) is 70.5 Å². The summed E-state index contributed by atoms with van der Waals surface area (Å²) < 4.78 is 0. The van der Waals surface area contributed by atoms with Crippen molar-refractivity contribution in [1.29, 1.82) is 0 Å². The molecule has 8 nitrogen and oxygen atoms in total. The maximum Gasteiger partial charge on any atom is 0.243 e. The smallest absolute Gasteiger partial charge is 0.243 e. The highest BCUT2D eigenvalue weighted by Crippen LogP contribution is 2.41. The molecule has 0 spiro atoms. The zero-order chi connectivity index (χ0) is 26.1. The summed E-state index contributed by atoms with van der Waals surface area (Å²) in [5.74, 6) is -0.393. The summed E-state index contributed by atoms with van der Waals surface area (Å²) in [7, 11) is 0. The first kappa shape index (κ1) is 25.2. The fourth-order valence-electron chi connectivity index (χ4n) is 6.07. The van der Waals surface area contributed by atoms with Gasteiger partial charge in [-0.3, -0.25) is 39.6 Å². The number of nitrogens with one attached hydrogen (secondary N) is 1. The molecule has 2 unspecified atom stereocenters. The highest BCUT2D eigenvalue weighted by molar-refractivity contribution is 7.80. The number of thiol groups is 1. The minimum absolute atomic E-state index is 0.132. The van der Waals surface area contributed by atoms with E-state index in [0.717, 1.165) is 32.7 Å². The maximum absolute atomic E-state index is 12.6. The van der Waals surface area contributed by atoms with Crippen LogP contribution in [-0.2, 0) is 22.7 Å². The molecular formula is C29H32N6O2S. The third-order valence-corrected chi connectivity index (χ3v) is 8.59. The van der Waals surface area contributed by atoms with Crippen LogP contribution < -0.4 is 5.32 Å². The molecule has 3 aromatic rings. The van der Waals surface area contributed by atoms with Crippen molar-refractivity contribution in [3.63, 3.8) is 0 Å². The first-order valence-electron chi connectivity index (χ1n) is 13.2. The van der Waals surface area contributed by atoms with E-state index < -0.39 is 0 Å². The monoisotopic (exact) mass is 528 g/mol. The topological polar surface area (TPSA) is 81.7 Å². The van der Waals surface area contributed by atoms with E-state index in [2.05, 4.69) is 60.3 Å². The number of hydrogen-bond acceptors (Lipinski definition) is 8. The molecule has 2 atom stereocenters. The summed E-state index contributed by atoms with van der Waals surface area (Å²) in [6.07, 6.45) is 8.47. The Morgan fingerprint density at radius 1 is 0.947 bits per heavy atom. The van der Waals surface area contributed by atoms with Crippen LogP contribution in [-0.4, -0.2) is 68.7 Å². The molecule has 1 aromatic carbocycles. The molecule has 0 radical (unpaired) electrons. The lowest BCUT2D eigenvalue weighted by Gasteiger charge is -2.39. The van der Waals surface area contributed by atoms with Crippen LogP contribution in [0.3, 0.4) is 0 Å². The van der Waals surface area contributed by atoms with Crippen molar-refractivity contribution in [2.75, 3.05) is 26.2 Å². The second-order valence-electron chi connectivity index (χ2n) is 10.3. The van der Waals surface area contributed by atoms with Gasteiger partial charge in [0.2, 0.25) is 11.8 Å². The Balaban J connectivity index is 1.14. The molecule has 2 fully saturated rings. The number of fused-ring (bicyclic) bond motifs is 1. The molecule has 3 aliphatic rings. The van der Waals surface area contributed by atoms with Gasteiger partial charge in [0.15, 0.2) is 0 Å². The Hall–Kier alpha value is -3.11.